The molecule has 4 nitrogen and oxygen atoms in total. The van der Waals surface area contributed by atoms with Crippen LogP contribution in [0.5, 0.6) is 0 Å². The summed E-state index contributed by atoms with van der Waals surface area (Å²) in [6, 6.07) is 9.34. The molecule has 0 fully saturated rings. The highest BCUT2D eigenvalue weighted by Gasteiger charge is 1.99. The summed E-state index contributed by atoms with van der Waals surface area (Å²) >= 11 is 5.76. The van der Waals surface area contributed by atoms with Crippen LogP contribution < -0.4 is 0 Å². The number of nitrogens with zero attached hydrogens (tertiary/aromatic N) is 4. The van der Waals surface area contributed by atoms with Crippen molar-refractivity contribution < 1.29 is 0 Å². The number of benzene rings is 1. The molecule has 1 heterocycles. The quantitative estimate of drug-likeness (QED) is 0.773. The molecule has 15 heavy (non-hydrogen) atoms. The first-order chi connectivity index (χ1) is 7.28. The van der Waals surface area contributed by atoms with Crippen molar-refractivity contribution in [2.75, 3.05) is 0 Å². The molecule has 74 valence electrons. The van der Waals surface area contributed by atoms with Gasteiger partial charge in [0.05, 0.1) is 6.54 Å². The molecule has 2 rings (SSSR count). The Morgan fingerprint density at radius 1 is 1.33 bits per heavy atom. The predicted octanol–water partition coefficient (Wildman–Crippen LogP) is 1.85. The van der Waals surface area contributed by atoms with Gasteiger partial charge in [-0.3, -0.25) is 0 Å². The fourth-order valence-electron chi connectivity index (χ4n) is 1.20. The van der Waals surface area contributed by atoms with Crippen LogP contribution in [0.4, 0.5) is 0 Å². The molecule has 0 unspecified atom stereocenters. The van der Waals surface area contributed by atoms with Gasteiger partial charge in [0.1, 0.15) is 12.4 Å². The van der Waals surface area contributed by atoms with E-state index in [1.165, 1.54) is 6.33 Å². The van der Waals surface area contributed by atoms with Crippen molar-refractivity contribution >= 4 is 11.6 Å². The second kappa shape index (κ2) is 4.11. The lowest BCUT2D eigenvalue weighted by atomic mass is 10.2. The van der Waals surface area contributed by atoms with Crippen molar-refractivity contribution in [3.05, 3.63) is 47.0 Å². The van der Waals surface area contributed by atoms with Gasteiger partial charge in [-0.1, -0.05) is 23.7 Å². The molecular weight excluding hydrogens is 212 g/mol. The van der Waals surface area contributed by atoms with Crippen LogP contribution in [0.25, 0.3) is 0 Å². The summed E-state index contributed by atoms with van der Waals surface area (Å²) < 4.78 is 1.61. The zero-order chi connectivity index (χ0) is 10.7. The van der Waals surface area contributed by atoms with Crippen molar-refractivity contribution in [1.29, 1.82) is 5.26 Å². The Bertz CT molecular complexity index is 495. The lowest BCUT2D eigenvalue weighted by Gasteiger charge is -2.00. The second-order valence-corrected chi connectivity index (χ2v) is 3.44. The Morgan fingerprint density at radius 2 is 2.07 bits per heavy atom. The van der Waals surface area contributed by atoms with E-state index in [1.807, 2.05) is 30.3 Å². The standard InChI is InChI=1S/C10H7ClN4/c11-9-3-1-8(2-4-9)6-15-7-13-10(5-12)14-15/h1-4,7H,6H2. The number of aromatic nitrogens is 3. The lowest BCUT2D eigenvalue weighted by molar-refractivity contribution is 0.682. The van der Waals surface area contributed by atoms with Crippen LogP contribution in [0.15, 0.2) is 30.6 Å². The van der Waals surface area contributed by atoms with E-state index in [4.69, 9.17) is 16.9 Å². The summed E-state index contributed by atoms with van der Waals surface area (Å²) in [5, 5.41) is 13.2. The monoisotopic (exact) mass is 218 g/mol. The van der Waals surface area contributed by atoms with Gasteiger partial charge in [-0.2, -0.15) is 5.26 Å². The van der Waals surface area contributed by atoms with Crippen LogP contribution in [0.2, 0.25) is 5.02 Å². The number of halogens is 1. The van der Waals surface area contributed by atoms with Crippen molar-refractivity contribution in [1.82, 2.24) is 14.8 Å². The number of rotatable bonds is 2. The Balaban J connectivity index is 2.15. The second-order valence-electron chi connectivity index (χ2n) is 3.00. The van der Waals surface area contributed by atoms with Gasteiger partial charge in [0.25, 0.3) is 5.82 Å². The molecule has 0 amide bonds. The van der Waals surface area contributed by atoms with Crippen molar-refractivity contribution in [2.45, 2.75) is 6.54 Å². The highest BCUT2D eigenvalue weighted by atomic mass is 35.5. The van der Waals surface area contributed by atoms with Crippen molar-refractivity contribution in [3.63, 3.8) is 0 Å². The van der Waals surface area contributed by atoms with E-state index < -0.39 is 0 Å². The van der Waals surface area contributed by atoms with E-state index in [9.17, 15) is 0 Å². The first kappa shape index (κ1) is 9.69. The average molecular weight is 219 g/mol. The molecule has 0 bridgehead atoms. The minimum absolute atomic E-state index is 0.184. The molecule has 0 radical (unpaired) electrons. The highest BCUT2D eigenvalue weighted by molar-refractivity contribution is 6.30. The van der Waals surface area contributed by atoms with Gasteiger partial charge in [0, 0.05) is 5.02 Å². The zero-order valence-electron chi connectivity index (χ0n) is 7.76. The summed E-state index contributed by atoms with van der Waals surface area (Å²) in [4.78, 5) is 3.81. The highest BCUT2D eigenvalue weighted by Crippen LogP contribution is 2.10. The van der Waals surface area contributed by atoms with Gasteiger partial charge < -0.3 is 0 Å². The third-order valence-electron chi connectivity index (χ3n) is 1.89. The molecule has 0 N–H and O–H groups in total. The fourth-order valence-corrected chi connectivity index (χ4v) is 1.32. The van der Waals surface area contributed by atoms with Gasteiger partial charge in [-0.25, -0.2) is 9.67 Å². The van der Waals surface area contributed by atoms with Gasteiger partial charge in [0.2, 0.25) is 0 Å². The summed E-state index contributed by atoms with van der Waals surface area (Å²) in [7, 11) is 0. The SMILES string of the molecule is N#Cc1ncn(Cc2ccc(Cl)cc2)n1. The minimum Gasteiger partial charge on any atom is -0.247 e. The molecule has 0 saturated heterocycles. The van der Waals surface area contributed by atoms with E-state index in [2.05, 4.69) is 10.1 Å². The van der Waals surface area contributed by atoms with E-state index >= 15 is 0 Å². The third kappa shape index (κ3) is 2.33. The molecule has 0 aliphatic carbocycles. The average Bonchev–Trinajstić information content (AvgIpc) is 2.69. The molecule has 0 aliphatic heterocycles. The molecule has 1 aromatic heterocycles. The van der Waals surface area contributed by atoms with Crippen LogP contribution in [0, 0.1) is 11.3 Å². The largest absolute Gasteiger partial charge is 0.252 e. The fraction of sp³-hybridized carbons (Fsp3) is 0.100. The van der Waals surface area contributed by atoms with Crippen molar-refractivity contribution in [3.8, 4) is 6.07 Å². The summed E-state index contributed by atoms with van der Waals surface area (Å²) in [6.45, 7) is 0.589. The normalized spacial score (nSPS) is 9.87. The first-order valence-corrected chi connectivity index (χ1v) is 4.70. The maximum atomic E-state index is 8.55. The van der Waals surface area contributed by atoms with Gasteiger partial charge in [0.15, 0.2) is 0 Å². The maximum absolute atomic E-state index is 8.55. The van der Waals surface area contributed by atoms with Crippen LogP contribution in [0.1, 0.15) is 11.4 Å². The van der Waals surface area contributed by atoms with Gasteiger partial charge in [-0.05, 0) is 17.7 Å². The van der Waals surface area contributed by atoms with E-state index in [1.54, 1.807) is 4.68 Å². The Labute approximate surface area is 91.7 Å². The summed E-state index contributed by atoms with van der Waals surface area (Å²) in [6.07, 6.45) is 1.53. The smallest absolute Gasteiger partial charge is 0.247 e. The topological polar surface area (TPSA) is 54.5 Å². The van der Waals surface area contributed by atoms with Crippen LogP contribution in [-0.2, 0) is 6.54 Å². The Hall–Kier alpha value is -1.86. The van der Waals surface area contributed by atoms with Gasteiger partial charge in [-0.15, -0.1) is 5.10 Å². The van der Waals surface area contributed by atoms with E-state index in [-0.39, 0.29) is 5.82 Å². The predicted molar refractivity (Wildman–Crippen MR) is 55.3 cm³/mol. The van der Waals surface area contributed by atoms with Gasteiger partial charge >= 0.3 is 0 Å². The van der Waals surface area contributed by atoms with Crippen LogP contribution >= 0.6 is 11.6 Å². The minimum atomic E-state index is 0.184. The Kier molecular flexibility index (Phi) is 2.66. The van der Waals surface area contributed by atoms with Crippen LogP contribution in [-0.4, -0.2) is 14.8 Å². The Morgan fingerprint density at radius 3 is 2.67 bits per heavy atom. The van der Waals surface area contributed by atoms with Crippen molar-refractivity contribution in [2.24, 2.45) is 0 Å². The molecular formula is C10H7ClN4. The molecule has 0 atom stereocenters. The molecule has 1 aromatic carbocycles. The third-order valence-corrected chi connectivity index (χ3v) is 2.15. The molecule has 0 aliphatic rings. The zero-order valence-corrected chi connectivity index (χ0v) is 8.52. The molecule has 5 heteroatoms. The van der Waals surface area contributed by atoms with Crippen LogP contribution in [0.3, 0.4) is 0 Å². The number of hydrogen-bond donors (Lipinski definition) is 0. The van der Waals surface area contributed by atoms with E-state index in [0.29, 0.717) is 11.6 Å². The molecule has 0 spiro atoms. The molecule has 0 saturated carbocycles. The lowest BCUT2D eigenvalue weighted by Crippen LogP contribution is -2.00. The van der Waals surface area contributed by atoms with E-state index in [0.717, 1.165) is 5.56 Å². The molecule has 2 aromatic rings. The number of nitriles is 1. The summed E-state index contributed by atoms with van der Waals surface area (Å²) in [5.74, 6) is 0.184. The summed E-state index contributed by atoms with van der Waals surface area (Å²) in [5.41, 5.74) is 1.06. The number of hydrogen-bond acceptors (Lipinski definition) is 3. The maximum Gasteiger partial charge on any atom is 0.252 e. The first-order valence-electron chi connectivity index (χ1n) is 4.32.